The first-order chi connectivity index (χ1) is 18.4. The molecule has 0 aliphatic rings. The van der Waals surface area contributed by atoms with E-state index in [4.69, 9.17) is 11.5 Å². The van der Waals surface area contributed by atoms with Gasteiger partial charge in [-0.05, 0) is 43.3 Å². The Kier molecular flexibility index (Phi) is 6.59. The van der Waals surface area contributed by atoms with Gasteiger partial charge in [-0.2, -0.15) is 0 Å². The molecule has 0 bridgehead atoms. The number of benzene rings is 2. The minimum Gasteiger partial charge on any atom is -0.396 e. The van der Waals surface area contributed by atoms with Gasteiger partial charge in [0.2, 0.25) is 11.9 Å². The molecule has 6 N–H and O–H groups in total. The van der Waals surface area contributed by atoms with Crippen molar-refractivity contribution in [2.24, 2.45) is 5.73 Å². The zero-order chi connectivity index (χ0) is 26.6. The molecule has 0 saturated carbocycles. The number of H-pyrrole nitrogens is 1. The van der Waals surface area contributed by atoms with Gasteiger partial charge in [-0.15, -0.1) is 0 Å². The number of para-hydroxylation sites is 1. The number of anilines is 3. The monoisotopic (exact) mass is 508 g/mol. The van der Waals surface area contributed by atoms with Crippen LogP contribution in [-0.4, -0.2) is 54.3 Å². The highest BCUT2D eigenvalue weighted by atomic mass is 16.2. The van der Waals surface area contributed by atoms with E-state index in [2.05, 4.69) is 35.2 Å². The Bertz CT molecular complexity index is 1570. The SMILES string of the molecule is Cc1ncc(N)c(-c2nc3ccc(C(=O)NC(CN(c4ccccc4)c4ncccn4)C(N)=O)cc3[nH]2)n1. The fraction of sp³-hybridized carbons (Fsp3) is 0.115. The minimum atomic E-state index is -1.04. The Labute approximate surface area is 217 Å². The molecule has 1 unspecified atom stereocenters. The van der Waals surface area contributed by atoms with E-state index in [9.17, 15) is 9.59 Å². The van der Waals surface area contributed by atoms with Gasteiger partial charge < -0.3 is 26.7 Å². The first-order valence-corrected chi connectivity index (χ1v) is 11.7. The van der Waals surface area contributed by atoms with Crippen LogP contribution in [0.1, 0.15) is 16.2 Å². The topological polar surface area (TPSA) is 182 Å². The molecule has 190 valence electrons. The maximum absolute atomic E-state index is 13.2. The van der Waals surface area contributed by atoms with Crippen LogP contribution in [0, 0.1) is 6.92 Å². The molecule has 2 amide bonds. The van der Waals surface area contributed by atoms with Crippen molar-refractivity contribution < 1.29 is 9.59 Å². The second kappa shape index (κ2) is 10.3. The second-order valence-corrected chi connectivity index (χ2v) is 8.46. The summed E-state index contributed by atoms with van der Waals surface area (Å²) in [6.45, 7) is 1.78. The smallest absolute Gasteiger partial charge is 0.252 e. The molecule has 0 saturated heterocycles. The summed E-state index contributed by atoms with van der Waals surface area (Å²) in [5.74, 6) is 0.195. The number of nitrogens with one attached hydrogen (secondary N) is 2. The van der Waals surface area contributed by atoms with Crippen molar-refractivity contribution in [1.82, 2.24) is 35.2 Å². The quantitative estimate of drug-likeness (QED) is 0.244. The summed E-state index contributed by atoms with van der Waals surface area (Å²) in [5, 5.41) is 2.74. The molecule has 3 aromatic heterocycles. The Morgan fingerprint density at radius 2 is 1.79 bits per heavy atom. The van der Waals surface area contributed by atoms with Crippen LogP contribution in [0.5, 0.6) is 0 Å². The number of hydrogen-bond acceptors (Lipinski definition) is 9. The molecule has 0 aliphatic heterocycles. The van der Waals surface area contributed by atoms with Crippen LogP contribution < -0.4 is 21.7 Å². The van der Waals surface area contributed by atoms with Crippen LogP contribution >= 0.6 is 0 Å². The number of fused-ring (bicyclic) bond motifs is 1. The number of imidazole rings is 1. The zero-order valence-corrected chi connectivity index (χ0v) is 20.4. The van der Waals surface area contributed by atoms with E-state index in [0.29, 0.717) is 45.6 Å². The Morgan fingerprint density at radius 3 is 2.53 bits per heavy atom. The van der Waals surface area contributed by atoms with Crippen LogP contribution in [0.15, 0.2) is 73.2 Å². The lowest BCUT2D eigenvalue weighted by atomic mass is 10.1. The number of nitrogen functional groups attached to an aromatic ring is 1. The minimum absolute atomic E-state index is 0.0257. The Balaban J connectivity index is 1.40. The van der Waals surface area contributed by atoms with E-state index < -0.39 is 17.9 Å². The molecule has 1 atom stereocenters. The summed E-state index contributed by atoms with van der Waals surface area (Å²) in [4.78, 5) is 52.0. The fourth-order valence-electron chi connectivity index (χ4n) is 3.90. The molecule has 0 spiro atoms. The number of hydrogen-bond donors (Lipinski definition) is 4. The second-order valence-electron chi connectivity index (χ2n) is 8.46. The number of nitrogens with zero attached hydrogens (tertiary/aromatic N) is 6. The molecular weight excluding hydrogens is 484 g/mol. The van der Waals surface area contributed by atoms with Gasteiger partial charge in [-0.1, -0.05) is 18.2 Å². The van der Waals surface area contributed by atoms with Gasteiger partial charge in [0.1, 0.15) is 17.6 Å². The number of aromatic amines is 1. The molecular formula is C26H24N10O2. The number of nitrogens with two attached hydrogens (primary N) is 2. The van der Waals surface area contributed by atoms with Crippen molar-refractivity contribution in [3.63, 3.8) is 0 Å². The highest BCUT2D eigenvalue weighted by Gasteiger charge is 2.25. The van der Waals surface area contributed by atoms with Crippen LogP contribution in [0.3, 0.4) is 0 Å². The maximum atomic E-state index is 13.2. The number of carbonyl (C=O) groups excluding carboxylic acids is 2. The van der Waals surface area contributed by atoms with E-state index in [1.807, 2.05) is 30.3 Å². The number of rotatable bonds is 8. The molecule has 5 aromatic rings. The van der Waals surface area contributed by atoms with Crippen LogP contribution in [0.4, 0.5) is 17.3 Å². The third-order valence-corrected chi connectivity index (χ3v) is 5.78. The van der Waals surface area contributed by atoms with Crippen LogP contribution in [0.25, 0.3) is 22.6 Å². The first-order valence-electron chi connectivity index (χ1n) is 11.7. The molecule has 12 nitrogen and oxygen atoms in total. The standard InChI is InChI=1S/C26H24N10O2/c1-15-31-13-18(27)22(32-15)24-33-19-9-8-16(12-20(19)34-24)25(38)35-21(23(28)37)14-36(17-6-3-2-4-7-17)26-29-10-5-11-30-26/h2-13,21H,14,27H2,1H3,(H2,28,37)(H,33,34)(H,35,38). The number of amides is 2. The summed E-state index contributed by atoms with van der Waals surface area (Å²) in [6.07, 6.45) is 4.72. The number of carbonyl (C=O) groups is 2. The van der Waals surface area contributed by atoms with Gasteiger partial charge in [0.05, 0.1) is 29.5 Å². The lowest BCUT2D eigenvalue weighted by molar-refractivity contribution is -0.119. The highest BCUT2D eigenvalue weighted by molar-refractivity contribution is 6.00. The van der Waals surface area contributed by atoms with Crippen molar-refractivity contribution in [3.8, 4) is 11.5 Å². The molecule has 0 fully saturated rings. The van der Waals surface area contributed by atoms with Crippen molar-refractivity contribution >= 4 is 40.2 Å². The highest BCUT2D eigenvalue weighted by Crippen LogP contribution is 2.24. The largest absolute Gasteiger partial charge is 0.396 e. The number of aryl methyl sites for hydroxylation is 1. The van der Waals surface area contributed by atoms with Crippen molar-refractivity contribution in [2.75, 3.05) is 17.2 Å². The Morgan fingerprint density at radius 1 is 1.03 bits per heavy atom. The van der Waals surface area contributed by atoms with E-state index in [-0.39, 0.29) is 6.54 Å². The van der Waals surface area contributed by atoms with Crippen molar-refractivity contribution in [2.45, 2.75) is 13.0 Å². The average molecular weight is 509 g/mol. The average Bonchev–Trinajstić information content (AvgIpc) is 3.36. The van der Waals surface area contributed by atoms with E-state index >= 15 is 0 Å². The van der Waals surface area contributed by atoms with Crippen molar-refractivity contribution in [1.29, 1.82) is 0 Å². The first kappa shape index (κ1) is 24.3. The summed E-state index contributed by atoms with van der Waals surface area (Å²) < 4.78 is 0. The summed E-state index contributed by atoms with van der Waals surface area (Å²) in [6, 6.07) is 14.9. The zero-order valence-electron chi connectivity index (χ0n) is 20.4. The molecule has 5 rings (SSSR count). The summed E-state index contributed by atoms with van der Waals surface area (Å²) in [5.41, 5.74) is 14.8. The van der Waals surface area contributed by atoms with Crippen LogP contribution in [0.2, 0.25) is 0 Å². The van der Waals surface area contributed by atoms with Gasteiger partial charge in [-0.3, -0.25) is 9.59 Å². The van der Waals surface area contributed by atoms with Gasteiger partial charge in [-0.25, -0.2) is 24.9 Å². The van der Waals surface area contributed by atoms with Gasteiger partial charge in [0.25, 0.3) is 5.91 Å². The predicted molar refractivity (Wildman–Crippen MR) is 142 cm³/mol. The molecule has 0 radical (unpaired) electrons. The van der Waals surface area contributed by atoms with E-state index in [1.54, 1.807) is 48.5 Å². The summed E-state index contributed by atoms with van der Waals surface area (Å²) in [7, 11) is 0. The molecule has 38 heavy (non-hydrogen) atoms. The molecule has 2 aromatic carbocycles. The van der Waals surface area contributed by atoms with Gasteiger partial charge in [0, 0.05) is 23.6 Å². The predicted octanol–water partition coefficient (Wildman–Crippen LogP) is 2.12. The lowest BCUT2D eigenvalue weighted by Gasteiger charge is -2.26. The molecule has 0 aliphatic carbocycles. The van der Waals surface area contributed by atoms with Gasteiger partial charge >= 0.3 is 0 Å². The maximum Gasteiger partial charge on any atom is 0.252 e. The van der Waals surface area contributed by atoms with E-state index in [1.165, 1.54) is 6.20 Å². The van der Waals surface area contributed by atoms with E-state index in [0.717, 1.165) is 5.69 Å². The Hall–Kier alpha value is -5.39. The molecule has 3 heterocycles. The normalized spacial score (nSPS) is 11.7. The number of primary amides is 1. The molecule has 12 heteroatoms. The van der Waals surface area contributed by atoms with Gasteiger partial charge in [0.15, 0.2) is 5.82 Å². The number of aromatic nitrogens is 6. The fourth-order valence-corrected chi connectivity index (χ4v) is 3.90. The van der Waals surface area contributed by atoms with Crippen molar-refractivity contribution in [3.05, 3.63) is 84.6 Å². The van der Waals surface area contributed by atoms with Crippen LogP contribution in [-0.2, 0) is 4.79 Å². The third kappa shape index (κ3) is 5.09. The summed E-state index contributed by atoms with van der Waals surface area (Å²) >= 11 is 0. The lowest BCUT2D eigenvalue weighted by Crippen LogP contribution is -2.50. The third-order valence-electron chi connectivity index (χ3n) is 5.78.